The molecule has 0 bridgehead atoms. The van der Waals surface area contributed by atoms with Crippen LogP contribution in [0.25, 0.3) is 11.4 Å². The van der Waals surface area contributed by atoms with Crippen LogP contribution in [0.4, 0.5) is 22.7 Å². The van der Waals surface area contributed by atoms with Gasteiger partial charge in [0.05, 0.1) is 39.0 Å². The van der Waals surface area contributed by atoms with E-state index in [-0.39, 0.29) is 80.3 Å². The minimum absolute atomic E-state index is 0. The first-order chi connectivity index (χ1) is 25.3. The van der Waals surface area contributed by atoms with E-state index in [1.165, 1.54) is 4.68 Å². The van der Waals surface area contributed by atoms with Crippen molar-refractivity contribution in [3.8, 4) is 28.8 Å². The number of hydrogen-bond acceptors (Lipinski definition) is 14. The molecule has 4 N–H and O–H groups in total. The molecule has 1 atom stereocenters. The van der Waals surface area contributed by atoms with Crippen molar-refractivity contribution in [2.75, 3.05) is 0 Å². The largest absolute Gasteiger partial charge is 3.00 e. The number of aryl methyl sites for hydroxylation is 2. The summed E-state index contributed by atoms with van der Waals surface area (Å²) in [5, 5.41) is 64.2. The van der Waals surface area contributed by atoms with Gasteiger partial charge in [0.25, 0.3) is 5.56 Å². The number of azo groups is 2. The third-order valence-corrected chi connectivity index (χ3v) is 9.49. The van der Waals surface area contributed by atoms with Crippen molar-refractivity contribution in [2.24, 2.45) is 25.6 Å². The third kappa shape index (κ3) is 10.9. The van der Waals surface area contributed by atoms with Crippen LogP contribution < -0.4 is 55.6 Å². The quantitative estimate of drug-likeness (QED) is 0.149. The summed E-state index contributed by atoms with van der Waals surface area (Å²) in [4.78, 5) is 11.9. The third-order valence-electron chi connectivity index (χ3n) is 7.20. The maximum atomic E-state index is 12.6. The van der Waals surface area contributed by atoms with E-state index < -0.39 is 47.9 Å². The zero-order valence-corrected chi connectivity index (χ0v) is 35.5. The molecular formula is C32H24Cl2CrN10NaO8S2. The topological polar surface area (TPSA) is 298 Å². The van der Waals surface area contributed by atoms with Crippen molar-refractivity contribution in [3.63, 3.8) is 0 Å². The predicted molar refractivity (Wildman–Crippen MR) is 190 cm³/mol. The fourth-order valence-electron chi connectivity index (χ4n) is 4.50. The minimum atomic E-state index is -4.26. The molecule has 0 spiro atoms. The molecule has 0 saturated heterocycles. The van der Waals surface area contributed by atoms with Gasteiger partial charge < -0.3 is 19.9 Å². The second-order valence-electron chi connectivity index (χ2n) is 11.0. The number of nitrogens with one attached hydrogen (secondary N) is 2. The number of H-pyrrole nitrogens is 1. The van der Waals surface area contributed by atoms with Gasteiger partial charge in [-0.05, 0) is 86.6 Å². The van der Waals surface area contributed by atoms with Crippen molar-refractivity contribution in [1.82, 2.24) is 19.6 Å². The molecule has 6 aromatic rings. The summed E-state index contributed by atoms with van der Waals surface area (Å²) in [5.41, 5.74) is 0.531. The molecule has 4 aromatic carbocycles. The van der Waals surface area contributed by atoms with Crippen LogP contribution >= 0.6 is 23.2 Å². The fraction of sp³-hybridized carbons (Fsp3) is 0.0625. The van der Waals surface area contributed by atoms with Gasteiger partial charge in [-0.25, -0.2) is 22.9 Å². The Morgan fingerprint density at radius 1 is 0.750 bits per heavy atom. The summed E-state index contributed by atoms with van der Waals surface area (Å²) < 4.78 is 54.8. The number of hydrogen-bond donors (Lipinski definition) is 3. The zero-order valence-electron chi connectivity index (χ0n) is 29.0. The molecule has 2 aromatic heterocycles. The summed E-state index contributed by atoms with van der Waals surface area (Å²) in [7, 11) is -8.26. The van der Waals surface area contributed by atoms with Crippen molar-refractivity contribution >= 4 is 66.0 Å². The standard InChI is InChI=1S/2C16H14ClN5O4S.Cr.Na/c2*1-9-15(16(24)22(21-9)11-4-2-10(17)3-5-11)20-19-13-8-12(27(18,25)26)6-7-14(13)23;;/h2-8,23-24H,1H3,(H2,18,25,26);2-8,21,23H,1H3,(H2,18,25,26);;/q;;+3;+1/p-4. The van der Waals surface area contributed by atoms with Crippen LogP contribution in [0.2, 0.25) is 10.0 Å². The Bertz CT molecular complexity index is 2730. The Morgan fingerprint density at radius 3 is 1.71 bits per heavy atom. The van der Waals surface area contributed by atoms with Gasteiger partial charge in [0.2, 0.25) is 10.0 Å². The summed E-state index contributed by atoms with van der Waals surface area (Å²) in [5.74, 6) is -1.71. The number of benzene rings is 4. The number of rotatable bonds is 8. The molecule has 0 aliphatic carbocycles. The van der Waals surface area contributed by atoms with E-state index in [1.807, 2.05) is 0 Å². The molecule has 0 amide bonds. The van der Waals surface area contributed by atoms with Gasteiger partial charge in [-0.2, -0.15) is 15.3 Å². The maximum Gasteiger partial charge on any atom is 3.00 e. The molecule has 2 heterocycles. The molecule has 56 heavy (non-hydrogen) atoms. The van der Waals surface area contributed by atoms with E-state index in [9.17, 15) is 37.3 Å². The molecule has 0 saturated carbocycles. The molecule has 24 heteroatoms. The van der Waals surface area contributed by atoms with Gasteiger partial charge in [-0.15, -0.1) is 10.2 Å². The van der Waals surface area contributed by atoms with Gasteiger partial charge in [-0.1, -0.05) is 46.8 Å². The average Bonchev–Trinajstić information content (AvgIpc) is 3.55. The number of aromatic amines is 1. The monoisotopic (exact) mass is 885 g/mol. The van der Waals surface area contributed by atoms with Crippen LogP contribution in [-0.4, -0.2) is 36.7 Å². The van der Waals surface area contributed by atoms with Gasteiger partial charge in [0.15, 0.2) is 5.69 Å². The second kappa shape index (κ2) is 18.7. The molecule has 1 radical (unpaired) electrons. The van der Waals surface area contributed by atoms with Gasteiger partial charge in [0, 0.05) is 30.8 Å². The summed E-state index contributed by atoms with van der Waals surface area (Å²) in [6.45, 7) is 3.16. The van der Waals surface area contributed by atoms with E-state index in [0.29, 0.717) is 27.1 Å². The van der Waals surface area contributed by atoms with E-state index in [2.05, 4.69) is 30.7 Å². The average molecular weight is 887 g/mol. The maximum absolute atomic E-state index is 12.6. The van der Waals surface area contributed by atoms with Crippen LogP contribution in [0, 0.1) is 18.6 Å². The number of nitrogens with two attached hydrogens (primary N) is 1. The molecule has 1 unspecified atom stereocenters. The van der Waals surface area contributed by atoms with Crippen molar-refractivity contribution in [3.05, 3.63) is 117 Å². The van der Waals surface area contributed by atoms with Crippen molar-refractivity contribution < 1.29 is 79.4 Å². The van der Waals surface area contributed by atoms with E-state index in [1.54, 1.807) is 62.4 Å². The molecule has 6 rings (SSSR count). The van der Waals surface area contributed by atoms with Crippen LogP contribution in [0.15, 0.2) is 120 Å². The number of primary sulfonamides is 1. The predicted octanol–water partition coefficient (Wildman–Crippen LogP) is 2.20. The first kappa shape index (κ1) is 46.0. The molecule has 0 aliphatic rings. The smallest absolute Gasteiger partial charge is 0.871 e. The van der Waals surface area contributed by atoms with Crippen molar-refractivity contribution in [1.29, 1.82) is 4.78 Å². The number of aromatic nitrogens is 4. The van der Waals surface area contributed by atoms with Gasteiger partial charge >= 0.3 is 46.9 Å². The number of sulfonamides is 1. The summed E-state index contributed by atoms with van der Waals surface area (Å²) in [6, 6.07) is 19.0. The van der Waals surface area contributed by atoms with E-state index in [0.717, 1.165) is 41.1 Å². The Morgan fingerprint density at radius 2 is 1.21 bits per heavy atom. The van der Waals surface area contributed by atoms with Crippen LogP contribution in [0.3, 0.4) is 0 Å². The summed E-state index contributed by atoms with van der Waals surface area (Å²) in [6.07, 6.45) is 0. The number of halogens is 2. The first-order valence-electron chi connectivity index (χ1n) is 14.9. The SMILES string of the molecule is Cc1[nH]n(-c2ccc(Cl)cc2)c(=O)c1N=Nc1cc(S(N)(=O)=O)ccc1[O-].Cc1nn(-c2ccc(Cl)cc2)c([O-])c1N=Nc1cc(S(=N)(=O)[O-])ccc1[O-].[Cr+3].[Na+]. The first-order valence-corrected chi connectivity index (χ1v) is 18.7. The van der Waals surface area contributed by atoms with Crippen LogP contribution in [0.1, 0.15) is 11.4 Å². The van der Waals surface area contributed by atoms with E-state index in [4.69, 9.17) is 33.1 Å². The Kier molecular flexibility index (Phi) is 15.4. The number of nitrogens with zero attached hydrogens (tertiary/aromatic N) is 7. The Balaban J connectivity index is 0.000000290. The Labute approximate surface area is 361 Å². The molecule has 18 nitrogen and oxygen atoms in total. The van der Waals surface area contributed by atoms with Crippen molar-refractivity contribution in [2.45, 2.75) is 23.6 Å². The second-order valence-corrected chi connectivity index (χ2v) is 14.9. The van der Waals surface area contributed by atoms with Gasteiger partial charge in [0.1, 0.15) is 5.69 Å². The molecule has 0 fully saturated rings. The van der Waals surface area contributed by atoms with Crippen LogP contribution in [0.5, 0.6) is 17.4 Å². The molecule has 283 valence electrons. The van der Waals surface area contributed by atoms with Crippen LogP contribution in [-0.2, 0) is 37.4 Å². The normalized spacial score (nSPS) is 12.4. The molecule has 0 aliphatic heterocycles. The summed E-state index contributed by atoms with van der Waals surface area (Å²) >= 11 is 11.7. The van der Waals surface area contributed by atoms with E-state index >= 15 is 0 Å². The molecular weight excluding hydrogens is 862 g/mol. The zero-order chi connectivity index (χ0) is 39.5. The minimum Gasteiger partial charge on any atom is -0.871 e. The Hall–Kier alpha value is -4.37. The fourth-order valence-corrected chi connectivity index (χ4v) is 5.80. The van der Waals surface area contributed by atoms with Gasteiger partial charge in [-0.3, -0.25) is 18.9 Å².